The van der Waals surface area contributed by atoms with Gasteiger partial charge in [0.15, 0.2) is 0 Å². The Hall–Kier alpha value is 5.24. The van der Waals surface area contributed by atoms with E-state index in [0.717, 1.165) is 0 Å². The molecule has 29 heavy (non-hydrogen) atoms. The van der Waals surface area contributed by atoms with Gasteiger partial charge >= 0.3 is 177 Å². The Morgan fingerprint density at radius 1 is 0.310 bits per heavy atom. The average molecular weight is 700 g/mol. The van der Waals surface area contributed by atoms with E-state index in [1.54, 1.807) is 0 Å². The van der Waals surface area contributed by atoms with Crippen molar-refractivity contribution < 1.29 is 118 Å². The van der Waals surface area contributed by atoms with E-state index in [9.17, 15) is 0 Å². The molecule has 0 rings (SSSR count). The first-order valence-corrected chi connectivity index (χ1v) is 8.00. The summed E-state index contributed by atoms with van der Waals surface area (Å²) >= 11 is 0. The van der Waals surface area contributed by atoms with Gasteiger partial charge in [-0.05, 0) is 0 Å². The summed E-state index contributed by atoms with van der Waals surface area (Å²) in [5.41, 5.74) is 0. The maximum absolute atomic E-state index is 8.52. The van der Waals surface area contributed by atoms with Crippen LogP contribution >= 0.6 is 0 Å². The van der Waals surface area contributed by atoms with E-state index in [1.165, 1.54) is 0 Å². The zero-order valence-corrected chi connectivity index (χ0v) is 27.7. The van der Waals surface area contributed by atoms with Crippen molar-refractivity contribution in [3.05, 3.63) is 0 Å². The molecule has 0 N–H and O–H groups in total. The predicted molar refractivity (Wildman–Crippen MR) is 67.7 cm³/mol. The van der Waals surface area contributed by atoms with Crippen LogP contribution < -0.4 is 0 Å². The van der Waals surface area contributed by atoms with Crippen LogP contribution in [0, 0.1) is 0 Å². The van der Waals surface area contributed by atoms with Gasteiger partial charge in [-0.25, -0.2) is 0 Å². The van der Waals surface area contributed by atoms with Crippen molar-refractivity contribution in [2.75, 3.05) is 0 Å². The molecular weight excluding hydrogens is 700 g/mol. The monoisotopic (exact) mass is 698 g/mol. The molecule has 0 aliphatic carbocycles. The second kappa shape index (κ2) is 40.4. The molecule has 29 heteroatoms. The molecule has 0 unspecified atom stereocenters. The third-order valence-corrected chi connectivity index (χ3v) is 0. The maximum Gasteiger partial charge on any atom is 4.00 e. The van der Waals surface area contributed by atoms with Crippen LogP contribution in [-0.4, -0.2) is 221 Å². The first kappa shape index (κ1) is 83.9. The van der Waals surface area contributed by atoms with Crippen LogP contribution in [0.3, 0.4) is 0 Å². The number of hydrogen-bond acceptors (Lipinski definition) is 20. The van der Waals surface area contributed by atoms with E-state index in [-0.39, 0.29) is 199 Å². The molecule has 0 aliphatic heterocycles. The quantitative estimate of drug-likeness (QED) is 0.129. The number of rotatable bonds is 0. The van der Waals surface area contributed by atoms with E-state index in [0.29, 0.717) is 0 Å². The second-order valence-electron chi connectivity index (χ2n) is 1.63. The van der Waals surface area contributed by atoms with Gasteiger partial charge in [0.25, 0.3) is 0 Å². The third-order valence-electron chi connectivity index (χ3n) is 0. The van der Waals surface area contributed by atoms with Crippen molar-refractivity contribution in [3.8, 4) is 0 Å². The minimum Gasteiger partial charge on any atom is -1.00 e. The summed E-state index contributed by atoms with van der Waals surface area (Å²) < 4.78 is 136. The summed E-state index contributed by atoms with van der Waals surface area (Å²) in [6.45, 7) is 0. The van der Waals surface area contributed by atoms with Crippen LogP contribution in [-0.2, 0) is 89.7 Å². The molecule has 0 saturated heterocycles. The van der Waals surface area contributed by atoms with Crippen molar-refractivity contribution in [3.63, 3.8) is 0 Å². The molecule has 0 amide bonds. The molecule has 0 fully saturated rings. The van der Waals surface area contributed by atoms with Gasteiger partial charge in [0.05, 0.1) is 0 Å². The van der Waals surface area contributed by atoms with E-state index < -0.39 is 41.6 Å². The molecule has 156 valence electrons. The fourth-order valence-corrected chi connectivity index (χ4v) is 0. The van der Waals surface area contributed by atoms with E-state index in [2.05, 4.69) is 0 Å². The predicted octanol–water partition coefficient (Wildman–Crippen LogP) is -7.35. The van der Waals surface area contributed by atoms with E-state index in [4.69, 9.17) is 70.1 Å². The van der Waals surface area contributed by atoms with Crippen LogP contribution in [0.1, 0.15) is 0 Å². The number of hydrogen-bond donors (Lipinski definition) is 0. The fourth-order valence-electron chi connectivity index (χ4n) is 0. The SMILES string of the molecule is O=S(=O)([O-])[O-].O=S(=O)([O-])[O-].O=S(=O)([O-])[O-].O=S(=O)([O-])[O-].[Ca+2].[Ca+2].[Ca+2].[Ca+2].[O-].[O-].[O-].[O-].[Zr+4]. The summed E-state index contributed by atoms with van der Waals surface area (Å²) in [5, 5.41) is 0. The van der Waals surface area contributed by atoms with E-state index >= 15 is 0 Å². The molecule has 0 saturated carbocycles. The zero-order valence-electron chi connectivity index (χ0n) is 13.1. The molecular formula is Ca4O20S4Zr. The molecule has 0 spiro atoms. The average Bonchev–Trinajstić information content (AvgIpc) is 1.62. The van der Waals surface area contributed by atoms with Crippen molar-refractivity contribution in [2.45, 2.75) is 0 Å². The molecule has 4 radical (unpaired) electrons. The Kier molecular flexibility index (Phi) is 117. The van der Waals surface area contributed by atoms with Crippen LogP contribution in [0.25, 0.3) is 0 Å². The summed E-state index contributed by atoms with van der Waals surface area (Å²) in [4.78, 5) is 0. The van der Waals surface area contributed by atoms with Gasteiger partial charge in [-0.1, -0.05) is 0 Å². The molecule has 0 bridgehead atoms. The third kappa shape index (κ3) is 1180. The van der Waals surface area contributed by atoms with E-state index in [1.807, 2.05) is 0 Å². The Labute approximate surface area is 304 Å². The molecule has 0 aromatic carbocycles. The van der Waals surface area contributed by atoms with Gasteiger partial charge < -0.3 is 58.3 Å². The standard InChI is InChI=1S/4Ca.4H2O4S.4O.Zr/c;;;;4*1-5(2,3)4;;;;;/h;;;;4*(H2,1,2,3,4);;;;;/q4*+2;;;;;4*-1;+4/p-8. The van der Waals surface area contributed by atoms with Crippen molar-refractivity contribution in [1.29, 1.82) is 0 Å². The Bertz CT molecular complexity index is 491. The zero-order chi connectivity index (χ0) is 18.0. The molecule has 20 nitrogen and oxygen atoms in total. The Morgan fingerprint density at radius 3 is 0.310 bits per heavy atom. The second-order valence-corrected chi connectivity index (χ2v) is 4.90. The summed E-state index contributed by atoms with van der Waals surface area (Å²) in [5.74, 6) is 0. The topological polar surface area (TPSA) is 435 Å². The van der Waals surface area contributed by atoms with Gasteiger partial charge in [0.1, 0.15) is 0 Å². The minimum atomic E-state index is -5.17. The fraction of sp³-hybridized carbons (Fsp3) is 0. The van der Waals surface area contributed by atoms with Crippen molar-refractivity contribution in [1.82, 2.24) is 0 Å². The molecule has 0 aromatic rings. The van der Waals surface area contributed by atoms with Gasteiger partial charge in [-0.3, -0.25) is 33.7 Å². The molecule has 0 aliphatic rings. The first-order chi connectivity index (χ1) is 8.00. The Balaban J connectivity index is -0.00000000970. The minimum absolute atomic E-state index is 0. The molecule has 0 atom stereocenters. The van der Waals surface area contributed by atoms with Crippen LogP contribution in [0.5, 0.6) is 0 Å². The van der Waals surface area contributed by atoms with Crippen molar-refractivity contribution in [2.24, 2.45) is 0 Å². The normalized spacial score (nSPS) is 8.00. The van der Waals surface area contributed by atoms with Gasteiger partial charge in [0.2, 0.25) is 0 Å². The smallest absolute Gasteiger partial charge is 1.00 e. The van der Waals surface area contributed by atoms with Crippen molar-refractivity contribution >= 4 is 193 Å². The summed E-state index contributed by atoms with van der Waals surface area (Å²) in [7, 11) is -20.7. The first-order valence-electron chi connectivity index (χ1n) is 2.67. The largest absolute Gasteiger partial charge is 4.00 e. The summed E-state index contributed by atoms with van der Waals surface area (Å²) in [6, 6.07) is 0. The van der Waals surface area contributed by atoms with Crippen LogP contribution in [0.2, 0.25) is 0 Å². The van der Waals surface area contributed by atoms with Gasteiger partial charge in [-0.15, -0.1) is 0 Å². The van der Waals surface area contributed by atoms with Crippen LogP contribution in [0.4, 0.5) is 0 Å². The molecule has 0 aromatic heterocycles. The van der Waals surface area contributed by atoms with Gasteiger partial charge in [0, 0.05) is 41.6 Å². The molecule has 0 heterocycles. The Morgan fingerprint density at radius 2 is 0.310 bits per heavy atom. The van der Waals surface area contributed by atoms with Crippen LogP contribution in [0.15, 0.2) is 0 Å². The van der Waals surface area contributed by atoms with Gasteiger partial charge in [-0.2, -0.15) is 0 Å². The maximum atomic E-state index is 8.52. The summed E-state index contributed by atoms with van der Waals surface area (Å²) in [6.07, 6.45) is 0.